The Morgan fingerprint density at radius 2 is 1.76 bits per heavy atom. The number of nitrogen functional groups attached to an aromatic ring is 1. The predicted octanol–water partition coefficient (Wildman–Crippen LogP) is 2.73. The van der Waals surface area contributed by atoms with Crippen LogP contribution in [0.2, 0.25) is 0 Å². The summed E-state index contributed by atoms with van der Waals surface area (Å²) in [6.07, 6.45) is 6.66. The van der Waals surface area contributed by atoms with Crippen molar-refractivity contribution in [2.75, 3.05) is 43.9 Å². The molecular formula is C17H27N3O. The SMILES string of the molecule is COc1ccc(N)c(N2CCC(N3CCCCC3)CC2)c1. The Hall–Kier alpha value is -1.42. The summed E-state index contributed by atoms with van der Waals surface area (Å²) < 4.78 is 5.33. The van der Waals surface area contributed by atoms with Crippen LogP contribution >= 0.6 is 0 Å². The smallest absolute Gasteiger partial charge is 0.121 e. The lowest BCUT2D eigenvalue weighted by molar-refractivity contribution is 0.141. The van der Waals surface area contributed by atoms with Crippen molar-refractivity contribution in [1.82, 2.24) is 4.90 Å². The van der Waals surface area contributed by atoms with Crippen molar-refractivity contribution in [2.45, 2.75) is 38.1 Å². The van der Waals surface area contributed by atoms with Crippen LogP contribution < -0.4 is 15.4 Å². The van der Waals surface area contributed by atoms with Gasteiger partial charge in [-0.15, -0.1) is 0 Å². The van der Waals surface area contributed by atoms with Crippen molar-refractivity contribution in [1.29, 1.82) is 0 Å². The van der Waals surface area contributed by atoms with Gasteiger partial charge >= 0.3 is 0 Å². The van der Waals surface area contributed by atoms with Crippen molar-refractivity contribution in [3.63, 3.8) is 0 Å². The van der Waals surface area contributed by atoms with Crippen molar-refractivity contribution in [3.05, 3.63) is 18.2 Å². The molecule has 1 aromatic carbocycles. The van der Waals surface area contributed by atoms with E-state index >= 15 is 0 Å². The number of rotatable bonds is 3. The first kappa shape index (κ1) is 14.5. The molecule has 2 fully saturated rings. The average Bonchev–Trinajstić information content (AvgIpc) is 2.56. The molecule has 0 radical (unpaired) electrons. The predicted molar refractivity (Wildman–Crippen MR) is 88.1 cm³/mol. The quantitative estimate of drug-likeness (QED) is 0.869. The number of anilines is 2. The molecule has 0 spiro atoms. The number of ether oxygens (including phenoxy) is 1. The van der Waals surface area contributed by atoms with Gasteiger partial charge in [-0.3, -0.25) is 0 Å². The van der Waals surface area contributed by atoms with Gasteiger partial charge in [0.1, 0.15) is 5.75 Å². The Morgan fingerprint density at radius 3 is 2.43 bits per heavy atom. The normalized spacial score (nSPS) is 21.5. The molecule has 0 unspecified atom stereocenters. The minimum atomic E-state index is 0.772. The monoisotopic (exact) mass is 289 g/mol. The van der Waals surface area contributed by atoms with Crippen LogP contribution in [-0.4, -0.2) is 44.2 Å². The number of hydrogen-bond acceptors (Lipinski definition) is 4. The van der Waals surface area contributed by atoms with E-state index in [1.54, 1.807) is 7.11 Å². The third kappa shape index (κ3) is 3.26. The van der Waals surface area contributed by atoms with E-state index in [4.69, 9.17) is 10.5 Å². The summed E-state index contributed by atoms with van der Waals surface area (Å²) in [5.41, 5.74) is 8.13. The van der Waals surface area contributed by atoms with Gasteiger partial charge in [0.15, 0.2) is 0 Å². The van der Waals surface area contributed by atoms with Crippen LogP contribution in [0.5, 0.6) is 5.75 Å². The molecule has 0 atom stereocenters. The fourth-order valence-corrected chi connectivity index (χ4v) is 3.68. The fourth-order valence-electron chi connectivity index (χ4n) is 3.68. The minimum Gasteiger partial charge on any atom is -0.497 e. The van der Waals surface area contributed by atoms with E-state index in [2.05, 4.69) is 15.9 Å². The van der Waals surface area contributed by atoms with Gasteiger partial charge in [-0.2, -0.15) is 0 Å². The topological polar surface area (TPSA) is 41.7 Å². The summed E-state index contributed by atoms with van der Waals surface area (Å²) in [5, 5.41) is 0. The molecule has 0 aliphatic carbocycles. The van der Waals surface area contributed by atoms with Crippen molar-refractivity contribution >= 4 is 11.4 Å². The van der Waals surface area contributed by atoms with Gasteiger partial charge in [-0.25, -0.2) is 0 Å². The Bertz CT molecular complexity index is 463. The summed E-state index contributed by atoms with van der Waals surface area (Å²) in [7, 11) is 1.71. The van der Waals surface area contributed by atoms with Gasteiger partial charge in [0.25, 0.3) is 0 Å². The van der Waals surface area contributed by atoms with Crippen LogP contribution in [0.4, 0.5) is 11.4 Å². The number of likely N-dealkylation sites (tertiary alicyclic amines) is 1. The Balaban J connectivity index is 1.62. The maximum atomic E-state index is 6.14. The Labute approximate surface area is 127 Å². The van der Waals surface area contributed by atoms with Gasteiger partial charge in [-0.05, 0) is 50.9 Å². The molecule has 3 rings (SSSR count). The van der Waals surface area contributed by atoms with E-state index in [0.29, 0.717) is 0 Å². The summed E-state index contributed by atoms with van der Waals surface area (Å²) in [5.74, 6) is 0.886. The first-order chi connectivity index (χ1) is 10.3. The molecule has 21 heavy (non-hydrogen) atoms. The van der Waals surface area contributed by atoms with Crippen molar-refractivity contribution < 1.29 is 4.74 Å². The van der Waals surface area contributed by atoms with Crippen LogP contribution in [0, 0.1) is 0 Å². The lowest BCUT2D eigenvalue weighted by Crippen LogP contribution is -2.46. The third-order valence-electron chi connectivity index (χ3n) is 4.95. The highest BCUT2D eigenvalue weighted by atomic mass is 16.5. The highest BCUT2D eigenvalue weighted by Gasteiger charge is 2.26. The van der Waals surface area contributed by atoms with E-state index in [0.717, 1.165) is 36.3 Å². The first-order valence-corrected chi connectivity index (χ1v) is 8.20. The molecule has 0 aromatic heterocycles. The second-order valence-corrected chi connectivity index (χ2v) is 6.24. The van der Waals surface area contributed by atoms with E-state index in [9.17, 15) is 0 Å². The number of hydrogen-bond donors (Lipinski definition) is 1. The molecule has 2 saturated heterocycles. The van der Waals surface area contributed by atoms with Crippen LogP contribution in [0.15, 0.2) is 18.2 Å². The minimum absolute atomic E-state index is 0.772. The fraction of sp³-hybridized carbons (Fsp3) is 0.647. The Kier molecular flexibility index (Phi) is 4.54. The van der Waals surface area contributed by atoms with Crippen LogP contribution in [0.25, 0.3) is 0 Å². The standard InChI is InChI=1S/C17H27N3O/c1-21-15-5-6-16(18)17(13-15)20-11-7-14(8-12-20)19-9-3-2-4-10-19/h5-6,13-14H,2-4,7-12,18H2,1H3. The molecule has 116 valence electrons. The Morgan fingerprint density at radius 1 is 1.05 bits per heavy atom. The second kappa shape index (κ2) is 6.56. The van der Waals surface area contributed by atoms with Crippen LogP contribution in [0.1, 0.15) is 32.1 Å². The molecule has 1 aromatic rings. The number of piperidine rings is 2. The average molecular weight is 289 g/mol. The lowest BCUT2D eigenvalue weighted by Gasteiger charge is -2.41. The molecule has 0 bridgehead atoms. The van der Waals surface area contributed by atoms with Gasteiger partial charge in [0.05, 0.1) is 18.5 Å². The van der Waals surface area contributed by atoms with Gasteiger partial charge in [-0.1, -0.05) is 6.42 Å². The van der Waals surface area contributed by atoms with Crippen LogP contribution in [-0.2, 0) is 0 Å². The molecule has 0 saturated carbocycles. The zero-order valence-corrected chi connectivity index (χ0v) is 13.1. The van der Waals surface area contributed by atoms with E-state index in [1.165, 1.54) is 45.2 Å². The van der Waals surface area contributed by atoms with E-state index < -0.39 is 0 Å². The summed E-state index contributed by atoms with van der Waals surface area (Å²) in [6.45, 7) is 4.79. The molecule has 0 amide bonds. The van der Waals surface area contributed by atoms with Gasteiger partial charge in [0.2, 0.25) is 0 Å². The molecule has 2 aliphatic rings. The third-order valence-corrected chi connectivity index (χ3v) is 4.95. The van der Waals surface area contributed by atoms with Gasteiger partial charge in [0, 0.05) is 25.2 Å². The highest BCUT2D eigenvalue weighted by Crippen LogP contribution is 2.31. The van der Waals surface area contributed by atoms with Gasteiger partial charge < -0.3 is 20.3 Å². The second-order valence-electron chi connectivity index (χ2n) is 6.24. The number of benzene rings is 1. The maximum absolute atomic E-state index is 6.14. The largest absolute Gasteiger partial charge is 0.497 e. The van der Waals surface area contributed by atoms with Crippen molar-refractivity contribution in [2.24, 2.45) is 0 Å². The van der Waals surface area contributed by atoms with E-state index in [-0.39, 0.29) is 0 Å². The molecule has 2 aliphatic heterocycles. The zero-order valence-electron chi connectivity index (χ0n) is 13.1. The first-order valence-electron chi connectivity index (χ1n) is 8.20. The highest BCUT2D eigenvalue weighted by molar-refractivity contribution is 5.69. The van der Waals surface area contributed by atoms with Crippen molar-refractivity contribution in [3.8, 4) is 5.75 Å². The maximum Gasteiger partial charge on any atom is 0.121 e. The van der Waals surface area contributed by atoms with Crippen LogP contribution in [0.3, 0.4) is 0 Å². The summed E-state index contributed by atoms with van der Waals surface area (Å²) >= 11 is 0. The zero-order chi connectivity index (χ0) is 14.7. The molecular weight excluding hydrogens is 262 g/mol. The number of nitrogens with two attached hydrogens (primary N) is 1. The molecule has 2 heterocycles. The number of methoxy groups -OCH3 is 1. The molecule has 4 nitrogen and oxygen atoms in total. The summed E-state index contributed by atoms with van der Waals surface area (Å²) in [4.78, 5) is 5.12. The molecule has 4 heteroatoms. The lowest BCUT2D eigenvalue weighted by atomic mass is 9.99. The van der Waals surface area contributed by atoms with E-state index in [1.807, 2.05) is 12.1 Å². The summed E-state index contributed by atoms with van der Waals surface area (Å²) in [6, 6.07) is 6.72. The molecule has 2 N–H and O–H groups in total. The number of nitrogens with zero attached hydrogens (tertiary/aromatic N) is 2.